The van der Waals surface area contributed by atoms with Crippen LogP contribution < -0.4 is 10.1 Å². The maximum atomic E-state index is 13.7. The van der Waals surface area contributed by atoms with Crippen molar-refractivity contribution in [2.45, 2.75) is 6.10 Å². The third kappa shape index (κ3) is 2.98. The maximum absolute atomic E-state index is 13.7. The Balaban J connectivity index is 2.81. The van der Waals surface area contributed by atoms with Crippen molar-refractivity contribution in [1.82, 2.24) is 0 Å². The van der Waals surface area contributed by atoms with Gasteiger partial charge in [-0.2, -0.15) is 0 Å². The minimum atomic E-state index is -0.943. The molecule has 1 aromatic rings. The number of aliphatic hydroxyl groups excluding tert-OH is 2. The van der Waals surface area contributed by atoms with Gasteiger partial charge < -0.3 is 20.3 Å². The number of ether oxygens (including phenoxy) is 1. The predicted octanol–water partition coefficient (Wildman–Crippen LogP) is 1.25. The minimum absolute atomic E-state index is 0.0399. The summed E-state index contributed by atoms with van der Waals surface area (Å²) in [6, 6.07) is 2.92. The standard InChI is InChI=1S/C10H13ClFNO3/c1-16-10-7(11)2-3-8(9(10)12)13-4-6(15)5-14/h2-3,6,13-15H,4-5H2,1H3. The van der Waals surface area contributed by atoms with Crippen molar-refractivity contribution < 1.29 is 19.3 Å². The average Bonchev–Trinajstić information content (AvgIpc) is 2.28. The Hall–Kier alpha value is -1.04. The van der Waals surface area contributed by atoms with E-state index >= 15 is 0 Å². The van der Waals surface area contributed by atoms with E-state index in [-0.39, 0.29) is 29.6 Å². The lowest BCUT2D eigenvalue weighted by molar-refractivity contribution is 0.105. The number of anilines is 1. The molecule has 4 nitrogen and oxygen atoms in total. The van der Waals surface area contributed by atoms with Gasteiger partial charge in [0.1, 0.15) is 0 Å². The fourth-order valence-corrected chi connectivity index (χ4v) is 1.37. The second-order valence-electron chi connectivity index (χ2n) is 3.16. The first-order valence-corrected chi connectivity index (χ1v) is 5.02. The fourth-order valence-electron chi connectivity index (χ4n) is 1.15. The highest BCUT2D eigenvalue weighted by Gasteiger charge is 2.13. The van der Waals surface area contributed by atoms with Gasteiger partial charge in [-0.3, -0.25) is 0 Å². The normalized spacial score (nSPS) is 12.3. The molecule has 0 aromatic heterocycles. The van der Waals surface area contributed by atoms with Crippen LogP contribution in [0.4, 0.5) is 10.1 Å². The van der Waals surface area contributed by atoms with Gasteiger partial charge in [-0.15, -0.1) is 0 Å². The van der Waals surface area contributed by atoms with Gasteiger partial charge in [-0.05, 0) is 12.1 Å². The third-order valence-electron chi connectivity index (χ3n) is 1.99. The van der Waals surface area contributed by atoms with E-state index in [1.165, 1.54) is 19.2 Å². The zero-order valence-corrected chi connectivity index (χ0v) is 9.46. The van der Waals surface area contributed by atoms with Gasteiger partial charge in [-0.25, -0.2) is 4.39 Å². The highest BCUT2D eigenvalue weighted by molar-refractivity contribution is 6.32. The number of methoxy groups -OCH3 is 1. The largest absolute Gasteiger partial charge is 0.492 e. The van der Waals surface area contributed by atoms with Gasteiger partial charge >= 0.3 is 0 Å². The third-order valence-corrected chi connectivity index (χ3v) is 2.29. The molecule has 6 heteroatoms. The summed E-state index contributed by atoms with van der Waals surface area (Å²) in [5.74, 6) is -0.676. The average molecular weight is 250 g/mol. The molecule has 1 atom stereocenters. The monoisotopic (exact) mass is 249 g/mol. The number of hydrogen-bond acceptors (Lipinski definition) is 4. The van der Waals surface area contributed by atoms with Crippen LogP contribution in [-0.4, -0.2) is 36.6 Å². The zero-order chi connectivity index (χ0) is 12.1. The SMILES string of the molecule is COc1c(Cl)ccc(NCC(O)CO)c1F. The van der Waals surface area contributed by atoms with Gasteiger partial charge in [0.05, 0.1) is 30.5 Å². The van der Waals surface area contributed by atoms with Crippen LogP contribution in [0, 0.1) is 5.82 Å². The second-order valence-corrected chi connectivity index (χ2v) is 3.57. The number of rotatable bonds is 5. The molecular formula is C10H13ClFNO3. The van der Waals surface area contributed by atoms with Gasteiger partial charge in [0.2, 0.25) is 0 Å². The van der Waals surface area contributed by atoms with Crippen LogP contribution in [0.5, 0.6) is 5.75 Å². The molecule has 1 aromatic carbocycles. The predicted molar refractivity (Wildman–Crippen MR) is 59.5 cm³/mol. The molecule has 0 amide bonds. The lowest BCUT2D eigenvalue weighted by Crippen LogP contribution is -2.23. The lowest BCUT2D eigenvalue weighted by atomic mass is 10.2. The van der Waals surface area contributed by atoms with Gasteiger partial charge in [0, 0.05) is 6.54 Å². The van der Waals surface area contributed by atoms with Crippen LogP contribution in [0.25, 0.3) is 0 Å². The Morgan fingerprint density at radius 3 is 2.81 bits per heavy atom. The van der Waals surface area contributed by atoms with Crippen molar-refractivity contribution in [2.24, 2.45) is 0 Å². The van der Waals surface area contributed by atoms with Crippen molar-refractivity contribution in [3.8, 4) is 5.75 Å². The first-order valence-electron chi connectivity index (χ1n) is 4.65. The molecule has 90 valence electrons. The molecule has 0 aliphatic carbocycles. The molecule has 3 N–H and O–H groups in total. The van der Waals surface area contributed by atoms with Crippen LogP contribution in [0.1, 0.15) is 0 Å². The Bertz CT molecular complexity index is 362. The molecule has 0 saturated heterocycles. The van der Waals surface area contributed by atoms with E-state index in [1.807, 2.05) is 0 Å². The summed E-state index contributed by atoms with van der Waals surface area (Å²) in [6.45, 7) is -0.350. The molecule has 1 rings (SSSR count). The number of benzene rings is 1. The molecule has 16 heavy (non-hydrogen) atoms. The van der Waals surface area contributed by atoms with Crippen LogP contribution in [-0.2, 0) is 0 Å². The van der Waals surface area contributed by atoms with Crippen molar-refractivity contribution in [3.05, 3.63) is 23.0 Å². The maximum Gasteiger partial charge on any atom is 0.189 e. The Kier molecular flexibility index (Phi) is 4.79. The molecular weight excluding hydrogens is 237 g/mol. The molecule has 0 bridgehead atoms. The second kappa shape index (κ2) is 5.89. The Morgan fingerprint density at radius 2 is 2.25 bits per heavy atom. The summed E-state index contributed by atoms with van der Waals surface area (Å²) >= 11 is 5.71. The summed E-state index contributed by atoms with van der Waals surface area (Å²) in [5.41, 5.74) is 0.161. The first kappa shape index (κ1) is 13.0. The molecule has 0 heterocycles. The minimum Gasteiger partial charge on any atom is -0.492 e. The summed E-state index contributed by atoms with van der Waals surface area (Å²) in [6.07, 6.45) is -0.943. The van der Waals surface area contributed by atoms with Crippen LogP contribution in [0.15, 0.2) is 12.1 Å². The summed E-state index contributed by atoms with van der Waals surface area (Å²) < 4.78 is 18.5. The Labute approximate surface area is 97.6 Å². The van der Waals surface area contributed by atoms with Gasteiger partial charge in [0.25, 0.3) is 0 Å². The molecule has 0 spiro atoms. The molecule has 0 fully saturated rings. The Morgan fingerprint density at radius 1 is 1.56 bits per heavy atom. The van der Waals surface area contributed by atoms with Crippen molar-refractivity contribution >= 4 is 17.3 Å². The van der Waals surface area contributed by atoms with E-state index in [0.29, 0.717) is 0 Å². The number of halogens is 2. The molecule has 0 saturated carbocycles. The number of nitrogens with one attached hydrogen (secondary N) is 1. The molecule has 0 aliphatic rings. The molecule has 0 radical (unpaired) electrons. The van der Waals surface area contributed by atoms with E-state index in [9.17, 15) is 4.39 Å². The molecule has 1 unspecified atom stereocenters. The van der Waals surface area contributed by atoms with E-state index in [2.05, 4.69) is 5.32 Å². The van der Waals surface area contributed by atoms with Crippen molar-refractivity contribution in [2.75, 3.05) is 25.6 Å². The summed E-state index contributed by atoms with van der Waals surface area (Å²) in [4.78, 5) is 0. The lowest BCUT2D eigenvalue weighted by Gasteiger charge is -2.13. The van der Waals surface area contributed by atoms with E-state index in [1.54, 1.807) is 0 Å². The van der Waals surface area contributed by atoms with Crippen LogP contribution >= 0.6 is 11.6 Å². The number of hydrogen-bond donors (Lipinski definition) is 3. The highest BCUT2D eigenvalue weighted by atomic mass is 35.5. The van der Waals surface area contributed by atoms with Gasteiger partial charge in [-0.1, -0.05) is 11.6 Å². The van der Waals surface area contributed by atoms with Crippen molar-refractivity contribution in [3.63, 3.8) is 0 Å². The van der Waals surface area contributed by atoms with E-state index in [4.69, 9.17) is 26.6 Å². The van der Waals surface area contributed by atoms with Crippen molar-refractivity contribution in [1.29, 1.82) is 0 Å². The fraction of sp³-hybridized carbons (Fsp3) is 0.400. The summed E-state index contributed by atoms with van der Waals surface area (Å²) in [5, 5.41) is 20.5. The summed E-state index contributed by atoms with van der Waals surface area (Å²) in [7, 11) is 1.32. The number of aliphatic hydroxyl groups is 2. The zero-order valence-electron chi connectivity index (χ0n) is 8.70. The highest BCUT2D eigenvalue weighted by Crippen LogP contribution is 2.32. The first-order chi connectivity index (χ1) is 7.60. The molecule has 0 aliphatic heterocycles. The van der Waals surface area contributed by atoms with Gasteiger partial charge in [0.15, 0.2) is 11.6 Å². The topological polar surface area (TPSA) is 61.7 Å². The van der Waals surface area contributed by atoms with E-state index in [0.717, 1.165) is 0 Å². The smallest absolute Gasteiger partial charge is 0.189 e. The van der Waals surface area contributed by atoms with Crippen LogP contribution in [0.2, 0.25) is 5.02 Å². The van der Waals surface area contributed by atoms with Crippen LogP contribution in [0.3, 0.4) is 0 Å². The quantitative estimate of drug-likeness (QED) is 0.735. The van der Waals surface area contributed by atoms with E-state index < -0.39 is 11.9 Å².